The summed E-state index contributed by atoms with van der Waals surface area (Å²) in [6.45, 7) is 10.4. The summed E-state index contributed by atoms with van der Waals surface area (Å²) < 4.78 is 25.1. The van der Waals surface area contributed by atoms with Gasteiger partial charge >= 0.3 is 5.97 Å². The maximum Gasteiger partial charge on any atom is 0.310 e. The number of phenolic OH excluding ortho intramolecular Hbond substituents is 1. The summed E-state index contributed by atoms with van der Waals surface area (Å²) in [6, 6.07) is 25.8. The van der Waals surface area contributed by atoms with E-state index < -0.39 is 0 Å². The molecule has 0 unspecified atom stereocenters. The number of hydrogen-bond acceptors (Lipinski definition) is 8. The van der Waals surface area contributed by atoms with Crippen LogP contribution in [0.5, 0.6) is 5.75 Å². The number of ether oxygens (including phenoxy) is 4. The molecule has 6 rings (SSSR count). The lowest BCUT2D eigenvalue weighted by atomic mass is 9.92. The van der Waals surface area contributed by atoms with Crippen molar-refractivity contribution in [2.24, 2.45) is 0 Å². The zero-order valence-corrected chi connectivity index (χ0v) is 29.5. The Bertz CT molecular complexity index is 1910. The summed E-state index contributed by atoms with van der Waals surface area (Å²) in [5.74, 6) is 0.915. The van der Waals surface area contributed by atoms with Crippen LogP contribution in [0.4, 0.5) is 5.82 Å². The summed E-state index contributed by atoms with van der Waals surface area (Å²) in [5, 5.41) is 10.6. The maximum atomic E-state index is 12.6. The van der Waals surface area contributed by atoms with Gasteiger partial charge in [-0.15, -0.1) is 0 Å². The number of pyridine rings is 1. The molecule has 1 aliphatic heterocycles. The third-order valence-electron chi connectivity index (χ3n) is 9.51. The number of anilines is 1. The number of methoxy groups -OCH3 is 1. The highest BCUT2D eigenvalue weighted by atomic mass is 16.6. The monoisotopic (exact) mass is 677 g/mol. The quantitative estimate of drug-likeness (QED) is 0.0966. The van der Waals surface area contributed by atoms with Crippen molar-refractivity contribution in [3.63, 3.8) is 0 Å². The SMILES string of the molecule is COC(=O)Cc1c(C)cc2nc(-c3cccc(-c4cc(C)ccc4O)c3)cn2c1N1CCC(C)(OCCOCCOCc2ccccc2)CC1. The molecule has 0 saturated carbocycles. The summed E-state index contributed by atoms with van der Waals surface area (Å²) in [4.78, 5) is 20.0. The Kier molecular flexibility index (Phi) is 11.2. The molecule has 0 amide bonds. The van der Waals surface area contributed by atoms with Gasteiger partial charge in [-0.1, -0.05) is 60.2 Å². The van der Waals surface area contributed by atoms with Gasteiger partial charge in [0.25, 0.3) is 0 Å². The summed E-state index contributed by atoms with van der Waals surface area (Å²) in [7, 11) is 1.43. The molecule has 3 aromatic carbocycles. The summed E-state index contributed by atoms with van der Waals surface area (Å²) >= 11 is 0. The third kappa shape index (κ3) is 8.35. The van der Waals surface area contributed by atoms with E-state index in [1.807, 2.05) is 74.6 Å². The predicted molar refractivity (Wildman–Crippen MR) is 196 cm³/mol. The van der Waals surface area contributed by atoms with Gasteiger partial charge in [0.05, 0.1) is 57.9 Å². The number of nitrogens with zero attached hydrogens (tertiary/aromatic N) is 3. The predicted octanol–water partition coefficient (Wildman–Crippen LogP) is 7.32. The molecule has 0 atom stereocenters. The molecule has 50 heavy (non-hydrogen) atoms. The number of rotatable bonds is 14. The molecule has 9 heteroatoms. The van der Waals surface area contributed by atoms with Crippen LogP contribution in [0.1, 0.15) is 42.0 Å². The normalized spacial score (nSPS) is 14.3. The highest BCUT2D eigenvalue weighted by molar-refractivity contribution is 5.79. The van der Waals surface area contributed by atoms with Crippen LogP contribution in [0.15, 0.2) is 85.1 Å². The van der Waals surface area contributed by atoms with Crippen molar-refractivity contribution in [3.05, 3.63) is 107 Å². The molecule has 262 valence electrons. The molecule has 0 radical (unpaired) electrons. The lowest BCUT2D eigenvalue weighted by Crippen LogP contribution is -2.45. The Morgan fingerprint density at radius 1 is 0.880 bits per heavy atom. The molecule has 9 nitrogen and oxygen atoms in total. The summed E-state index contributed by atoms with van der Waals surface area (Å²) in [5.41, 5.74) is 8.12. The van der Waals surface area contributed by atoms with Gasteiger partial charge in [0.2, 0.25) is 0 Å². The minimum Gasteiger partial charge on any atom is -0.507 e. The first kappa shape index (κ1) is 35.1. The van der Waals surface area contributed by atoms with Gasteiger partial charge in [-0.2, -0.15) is 0 Å². The van der Waals surface area contributed by atoms with Gasteiger partial charge in [-0.25, -0.2) is 4.98 Å². The van der Waals surface area contributed by atoms with E-state index in [1.165, 1.54) is 7.11 Å². The van der Waals surface area contributed by atoms with Crippen LogP contribution in [0.2, 0.25) is 0 Å². The standard InChI is InChI=1S/C41H47N3O6/c1-29-13-14-37(45)35(23-29)32-11-8-12-33(25-32)36-27-44-38(42-36)24-30(2)34(26-39(46)47-4)40(44)43-17-15-41(3,16-18-43)50-22-21-48-19-20-49-28-31-9-6-5-7-10-31/h5-14,23-25,27,45H,15-22,26,28H2,1-4H3. The van der Waals surface area contributed by atoms with Crippen LogP contribution in [0.3, 0.4) is 0 Å². The zero-order valence-electron chi connectivity index (χ0n) is 29.5. The minimum absolute atomic E-state index is 0.167. The first-order chi connectivity index (χ1) is 24.2. The molecule has 5 aromatic rings. The number of carbonyl (C=O) groups is 1. The second-order valence-electron chi connectivity index (χ2n) is 13.3. The van der Waals surface area contributed by atoms with E-state index >= 15 is 0 Å². The fourth-order valence-corrected chi connectivity index (χ4v) is 6.58. The number of benzene rings is 3. The number of piperidine rings is 1. The van der Waals surface area contributed by atoms with Crippen LogP contribution >= 0.6 is 0 Å². The molecular weight excluding hydrogens is 630 g/mol. The van der Waals surface area contributed by atoms with E-state index in [9.17, 15) is 9.90 Å². The Hall–Kier alpha value is -4.70. The molecular formula is C41H47N3O6. The van der Waals surface area contributed by atoms with Crippen molar-refractivity contribution in [3.8, 4) is 28.1 Å². The highest BCUT2D eigenvalue weighted by Gasteiger charge is 2.33. The molecule has 1 aliphatic rings. The second kappa shape index (κ2) is 15.9. The van der Waals surface area contributed by atoms with E-state index in [-0.39, 0.29) is 23.7 Å². The number of imidazole rings is 1. The Morgan fingerprint density at radius 3 is 2.40 bits per heavy atom. The number of esters is 1. The number of hydrogen-bond donors (Lipinski definition) is 1. The average Bonchev–Trinajstić information content (AvgIpc) is 3.55. The van der Waals surface area contributed by atoms with Crippen LogP contribution in [0, 0.1) is 13.8 Å². The van der Waals surface area contributed by atoms with Gasteiger partial charge in [0, 0.05) is 36.0 Å². The minimum atomic E-state index is -0.282. The van der Waals surface area contributed by atoms with Crippen molar-refractivity contribution in [1.29, 1.82) is 0 Å². The van der Waals surface area contributed by atoms with Crippen molar-refractivity contribution >= 4 is 17.4 Å². The van der Waals surface area contributed by atoms with E-state index in [0.717, 1.165) is 82.0 Å². The summed E-state index contributed by atoms with van der Waals surface area (Å²) in [6.07, 6.45) is 3.86. The number of phenols is 1. The zero-order chi connectivity index (χ0) is 35.1. The van der Waals surface area contributed by atoms with Gasteiger partial charge in [0.15, 0.2) is 0 Å². The highest BCUT2D eigenvalue weighted by Crippen LogP contribution is 2.36. The largest absolute Gasteiger partial charge is 0.507 e. The maximum absolute atomic E-state index is 12.6. The number of aromatic nitrogens is 2. The van der Waals surface area contributed by atoms with Gasteiger partial charge in [-0.3, -0.25) is 9.20 Å². The Labute approximate surface area is 294 Å². The second-order valence-corrected chi connectivity index (χ2v) is 13.3. The molecule has 0 aliphatic carbocycles. The fraction of sp³-hybridized carbons (Fsp3) is 0.366. The molecule has 2 aromatic heterocycles. The van der Waals surface area contributed by atoms with Crippen molar-refractivity contribution < 1.29 is 28.8 Å². The van der Waals surface area contributed by atoms with Crippen LogP contribution in [0.25, 0.3) is 28.0 Å². The number of carbonyl (C=O) groups excluding carboxylic acids is 1. The van der Waals surface area contributed by atoms with E-state index in [1.54, 1.807) is 6.07 Å². The van der Waals surface area contributed by atoms with Gasteiger partial charge in [-0.05, 0) is 74.6 Å². The molecule has 0 bridgehead atoms. The molecule has 1 saturated heterocycles. The first-order valence-electron chi connectivity index (χ1n) is 17.3. The van der Waals surface area contributed by atoms with Crippen molar-refractivity contribution in [1.82, 2.24) is 9.38 Å². The molecule has 3 heterocycles. The van der Waals surface area contributed by atoms with Gasteiger partial charge < -0.3 is 29.0 Å². The number of aryl methyl sites for hydroxylation is 2. The molecule has 1 fully saturated rings. The topological polar surface area (TPSA) is 94.8 Å². The lowest BCUT2D eigenvalue weighted by molar-refractivity contribution is -0.139. The fourth-order valence-electron chi connectivity index (χ4n) is 6.58. The number of aromatic hydroxyl groups is 1. The smallest absolute Gasteiger partial charge is 0.310 e. The van der Waals surface area contributed by atoms with Gasteiger partial charge in [0.1, 0.15) is 17.2 Å². The van der Waals surface area contributed by atoms with E-state index in [4.69, 9.17) is 23.9 Å². The van der Waals surface area contributed by atoms with Crippen LogP contribution < -0.4 is 4.90 Å². The van der Waals surface area contributed by atoms with Crippen LogP contribution in [-0.4, -0.2) is 72.7 Å². The Balaban J connectivity index is 1.15. The number of fused-ring (bicyclic) bond motifs is 1. The molecule has 0 spiro atoms. The first-order valence-corrected chi connectivity index (χ1v) is 17.3. The van der Waals surface area contributed by atoms with E-state index in [0.29, 0.717) is 33.0 Å². The average molecular weight is 678 g/mol. The van der Waals surface area contributed by atoms with Crippen molar-refractivity contribution in [2.75, 3.05) is 51.5 Å². The lowest BCUT2D eigenvalue weighted by Gasteiger charge is -2.41. The van der Waals surface area contributed by atoms with E-state index in [2.05, 4.69) is 34.4 Å². The Morgan fingerprint density at radius 2 is 1.62 bits per heavy atom. The molecule has 1 N–H and O–H groups in total. The van der Waals surface area contributed by atoms with Crippen molar-refractivity contribution in [2.45, 2.75) is 52.2 Å². The third-order valence-corrected chi connectivity index (χ3v) is 9.51. The van der Waals surface area contributed by atoms with Crippen LogP contribution in [-0.2, 0) is 36.8 Å².